The normalized spacial score (nSPS) is 12.6. The van der Waals surface area contributed by atoms with Gasteiger partial charge in [-0.25, -0.2) is 4.98 Å². The number of aromatic nitrogens is 2. The summed E-state index contributed by atoms with van der Waals surface area (Å²) in [4.78, 5) is 4.36. The van der Waals surface area contributed by atoms with Crippen LogP contribution in [0.2, 0.25) is 10.0 Å². The van der Waals surface area contributed by atoms with E-state index in [0.717, 1.165) is 24.4 Å². The molecule has 5 heteroatoms. The number of hydrogen-bond acceptors (Lipinski definition) is 2. The summed E-state index contributed by atoms with van der Waals surface area (Å²) in [6, 6.07) is 5.33. The lowest BCUT2D eigenvalue weighted by Gasteiger charge is -2.15. The first-order valence-electron chi connectivity index (χ1n) is 6.33. The Morgan fingerprint density at radius 1 is 1.37 bits per heavy atom. The summed E-state index contributed by atoms with van der Waals surface area (Å²) < 4.78 is 2.12. The minimum absolute atomic E-state index is 0.204. The standard InChI is InChI=1S/C14H17Cl2N3/c1-2-7-19-8-6-18-13(19)9-12(17)10-4-3-5-11(15)14(10)16/h3-6,8,12H,2,7,9,17H2,1H3. The number of nitrogens with zero attached hydrogens (tertiary/aromatic N) is 2. The third-order valence-corrected chi connectivity index (χ3v) is 3.88. The van der Waals surface area contributed by atoms with Gasteiger partial charge in [0.25, 0.3) is 0 Å². The quantitative estimate of drug-likeness (QED) is 0.911. The summed E-state index contributed by atoms with van der Waals surface area (Å²) in [5.41, 5.74) is 7.09. The van der Waals surface area contributed by atoms with Crippen LogP contribution >= 0.6 is 23.2 Å². The predicted octanol–water partition coefficient (Wildman–Crippen LogP) is 3.84. The Kier molecular flexibility index (Phi) is 4.86. The molecule has 0 radical (unpaired) electrons. The zero-order chi connectivity index (χ0) is 13.8. The van der Waals surface area contributed by atoms with Crippen molar-refractivity contribution < 1.29 is 0 Å². The van der Waals surface area contributed by atoms with Crippen LogP contribution in [0.25, 0.3) is 0 Å². The highest BCUT2D eigenvalue weighted by atomic mass is 35.5. The van der Waals surface area contributed by atoms with Gasteiger partial charge in [0.15, 0.2) is 0 Å². The number of hydrogen-bond donors (Lipinski definition) is 1. The first kappa shape index (κ1) is 14.4. The van der Waals surface area contributed by atoms with Gasteiger partial charge in [0, 0.05) is 31.4 Å². The van der Waals surface area contributed by atoms with Crippen LogP contribution in [0.3, 0.4) is 0 Å². The lowest BCUT2D eigenvalue weighted by atomic mass is 10.0. The molecule has 1 aromatic heterocycles. The molecule has 0 saturated heterocycles. The molecule has 0 amide bonds. The van der Waals surface area contributed by atoms with Crippen molar-refractivity contribution in [1.29, 1.82) is 0 Å². The summed E-state index contributed by atoms with van der Waals surface area (Å²) in [5.74, 6) is 0.977. The molecule has 3 nitrogen and oxygen atoms in total. The van der Waals surface area contributed by atoms with Gasteiger partial charge >= 0.3 is 0 Å². The van der Waals surface area contributed by atoms with Crippen molar-refractivity contribution in [3.63, 3.8) is 0 Å². The number of aryl methyl sites for hydroxylation is 1. The first-order valence-corrected chi connectivity index (χ1v) is 7.08. The maximum absolute atomic E-state index is 6.22. The zero-order valence-electron chi connectivity index (χ0n) is 10.8. The highest BCUT2D eigenvalue weighted by Gasteiger charge is 2.15. The van der Waals surface area contributed by atoms with E-state index < -0.39 is 0 Å². The average Bonchev–Trinajstić information content (AvgIpc) is 2.80. The molecule has 1 atom stereocenters. The van der Waals surface area contributed by atoms with Gasteiger partial charge in [0.05, 0.1) is 10.0 Å². The van der Waals surface area contributed by atoms with Crippen LogP contribution in [0.1, 0.15) is 30.8 Å². The molecule has 0 fully saturated rings. The lowest BCUT2D eigenvalue weighted by Crippen LogP contribution is -2.17. The number of rotatable bonds is 5. The Morgan fingerprint density at radius 3 is 2.89 bits per heavy atom. The van der Waals surface area contributed by atoms with Gasteiger partial charge in [0.2, 0.25) is 0 Å². The van der Waals surface area contributed by atoms with Crippen molar-refractivity contribution in [2.24, 2.45) is 5.73 Å². The topological polar surface area (TPSA) is 43.8 Å². The van der Waals surface area contributed by atoms with Crippen LogP contribution in [0.4, 0.5) is 0 Å². The van der Waals surface area contributed by atoms with Crippen LogP contribution in [0.15, 0.2) is 30.6 Å². The molecular weight excluding hydrogens is 281 g/mol. The summed E-state index contributed by atoms with van der Waals surface area (Å²) in [5, 5.41) is 1.07. The molecular formula is C14H17Cl2N3. The van der Waals surface area contributed by atoms with E-state index in [1.807, 2.05) is 18.3 Å². The molecule has 19 heavy (non-hydrogen) atoms. The van der Waals surface area contributed by atoms with Crippen molar-refractivity contribution in [2.45, 2.75) is 32.4 Å². The van der Waals surface area contributed by atoms with Gasteiger partial charge in [-0.3, -0.25) is 0 Å². The van der Waals surface area contributed by atoms with Gasteiger partial charge in [-0.1, -0.05) is 42.3 Å². The van der Waals surface area contributed by atoms with E-state index in [9.17, 15) is 0 Å². The fourth-order valence-electron chi connectivity index (χ4n) is 2.09. The minimum Gasteiger partial charge on any atom is -0.335 e. The summed E-state index contributed by atoms with van der Waals surface area (Å²) >= 11 is 12.2. The smallest absolute Gasteiger partial charge is 0.110 e. The van der Waals surface area contributed by atoms with E-state index in [0.29, 0.717) is 16.5 Å². The van der Waals surface area contributed by atoms with Crippen LogP contribution in [-0.2, 0) is 13.0 Å². The van der Waals surface area contributed by atoms with Gasteiger partial charge in [-0.05, 0) is 18.1 Å². The highest BCUT2D eigenvalue weighted by Crippen LogP contribution is 2.30. The molecule has 0 spiro atoms. The SMILES string of the molecule is CCCn1ccnc1CC(N)c1cccc(Cl)c1Cl. The minimum atomic E-state index is -0.204. The van der Waals surface area contributed by atoms with Crippen molar-refractivity contribution in [2.75, 3.05) is 0 Å². The van der Waals surface area contributed by atoms with Crippen LogP contribution < -0.4 is 5.73 Å². The van der Waals surface area contributed by atoms with E-state index in [4.69, 9.17) is 28.9 Å². The van der Waals surface area contributed by atoms with E-state index in [2.05, 4.69) is 16.5 Å². The summed E-state index contributed by atoms with van der Waals surface area (Å²) in [6.45, 7) is 3.09. The van der Waals surface area contributed by atoms with Crippen molar-refractivity contribution in [3.8, 4) is 0 Å². The van der Waals surface area contributed by atoms with Gasteiger partial charge in [-0.2, -0.15) is 0 Å². The van der Waals surface area contributed by atoms with Crippen molar-refractivity contribution in [3.05, 3.63) is 52.0 Å². The van der Waals surface area contributed by atoms with Crippen LogP contribution in [-0.4, -0.2) is 9.55 Å². The molecule has 1 heterocycles. The molecule has 2 N–H and O–H groups in total. The predicted molar refractivity (Wildman–Crippen MR) is 79.6 cm³/mol. The van der Waals surface area contributed by atoms with E-state index in [-0.39, 0.29) is 6.04 Å². The van der Waals surface area contributed by atoms with Crippen molar-refractivity contribution in [1.82, 2.24) is 9.55 Å². The molecule has 0 aliphatic rings. The monoisotopic (exact) mass is 297 g/mol. The van der Waals surface area contributed by atoms with Gasteiger partial charge in [-0.15, -0.1) is 0 Å². The molecule has 0 saturated carbocycles. The maximum atomic E-state index is 6.22. The number of nitrogens with two attached hydrogens (primary N) is 1. The Bertz CT molecular complexity index is 551. The first-order chi connectivity index (χ1) is 9.13. The van der Waals surface area contributed by atoms with E-state index >= 15 is 0 Å². The fraction of sp³-hybridized carbons (Fsp3) is 0.357. The number of imidazole rings is 1. The number of benzene rings is 1. The molecule has 0 aliphatic carbocycles. The Balaban J connectivity index is 2.18. The lowest BCUT2D eigenvalue weighted by molar-refractivity contribution is 0.599. The molecule has 102 valence electrons. The Labute approximate surface area is 123 Å². The largest absolute Gasteiger partial charge is 0.335 e. The average molecular weight is 298 g/mol. The van der Waals surface area contributed by atoms with E-state index in [1.165, 1.54) is 0 Å². The molecule has 2 aromatic rings. The summed E-state index contributed by atoms with van der Waals surface area (Å²) in [7, 11) is 0. The molecule has 2 rings (SSSR count). The molecule has 0 bridgehead atoms. The highest BCUT2D eigenvalue weighted by molar-refractivity contribution is 6.42. The second-order valence-corrected chi connectivity index (χ2v) is 5.28. The maximum Gasteiger partial charge on any atom is 0.110 e. The third kappa shape index (κ3) is 3.30. The Morgan fingerprint density at radius 2 is 2.16 bits per heavy atom. The second-order valence-electron chi connectivity index (χ2n) is 4.49. The van der Waals surface area contributed by atoms with Gasteiger partial charge < -0.3 is 10.3 Å². The van der Waals surface area contributed by atoms with E-state index in [1.54, 1.807) is 12.3 Å². The second kappa shape index (κ2) is 6.42. The fourth-order valence-corrected chi connectivity index (χ4v) is 2.54. The summed E-state index contributed by atoms with van der Waals surface area (Å²) in [6.07, 6.45) is 5.49. The van der Waals surface area contributed by atoms with Crippen LogP contribution in [0.5, 0.6) is 0 Å². The molecule has 1 aromatic carbocycles. The Hall–Kier alpha value is -1.03. The van der Waals surface area contributed by atoms with Crippen LogP contribution in [0, 0.1) is 0 Å². The van der Waals surface area contributed by atoms with Gasteiger partial charge in [0.1, 0.15) is 5.82 Å². The molecule has 0 aliphatic heterocycles. The zero-order valence-corrected chi connectivity index (χ0v) is 12.3. The third-order valence-electron chi connectivity index (χ3n) is 3.05. The van der Waals surface area contributed by atoms with Crippen molar-refractivity contribution >= 4 is 23.2 Å². The molecule has 1 unspecified atom stereocenters. The number of halogens is 2.